The number of benzene rings is 1. The van der Waals surface area contributed by atoms with Crippen molar-refractivity contribution in [1.29, 1.82) is 0 Å². The zero-order valence-corrected chi connectivity index (χ0v) is 10.0. The molecule has 2 rings (SSSR count). The number of hydrogen-bond donors (Lipinski definition) is 3. The fourth-order valence-electron chi connectivity index (χ4n) is 2.17. The van der Waals surface area contributed by atoms with E-state index in [1.165, 1.54) is 12.1 Å². The first-order valence-electron chi connectivity index (χ1n) is 5.73. The molecule has 2 amide bonds. The van der Waals surface area contributed by atoms with Gasteiger partial charge in [0.05, 0.1) is 11.7 Å². The Labute approximate surface area is 108 Å². The number of hydrogen-bond acceptors (Lipinski definition) is 4. The summed E-state index contributed by atoms with van der Waals surface area (Å²) >= 11 is 0. The first-order valence-corrected chi connectivity index (χ1v) is 5.73. The Morgan fingerprint density at radius 2 is 2.11 bits per heavy atom. The van der Waals surface area contributed by atoms with Crippen molar-refractivity contribution in [3.8, 4) is 0 Å². The highest BCUT2D eigenvalue weighted by molar-refractivity contribution is 5.98. The lowest BCUT2D eigenvalue weighted by Crippen LogP contribution is -2.44. The van der Waals surface area contributed by atoms with E-state index in [1.54, 1.807) is 0 Å². The lowest BCUT2D eigenvalue weighted by atomic mass is 10.1. The van der Waals surface area contributed by atoms with Crippen molar-refractivity contribution in [1.82, 2.24) is 4.90 Å². The minimum atomic E-state index is -0.917. The van der Waals surface area contributed by atoms with Gasteiger partial charge >= 0.3 is 0 Å². The fourth-order valence-corrected chi connectivity index (χ4v) is 2.17. The van der Waals surface area contributed by atoms with Gasteiger partial charge in [0.2, 0.25) is 5.91 Å². The molecule has 5 N–H and O–H groups in total. The van der Waals surface area contributed by atoms with Crippen molar-refractivity contribution in [2.75, 3.05) is 12.3 Å². The molecule has 6 nitrogen and oxygen atoms in total. The summed E-state index contributed by atoms with van der Waals surface area (Å²) in [6, 6.07) is 2.75. The summed E-state index contributed by atoms with van der Waals surface area (Å²) in [5.41, 5.74) is 10.6. The molecule has 1 heterocycles. The molecule has 1 aromatic carbocycles. The molecule has 0 radical (unpaired) electrons. The topological polar surface area (TPSA) is 110 Å². The van der Waals surface area contributed by atoms with Gasteiger partial charge in [-0.1, -0.05) is 0 Å². The third-order valence-electron chi connectivity index (χ3n) is 3.09. The average molecular weight is 267 g/mol. The number of nitrogens with zero attached hydrogens (tertiary/aromatic N) is 1. The summed E-state index contributed by atoms with van der Waals surface area (Å²) in [4.78, 5) is 24.5. The monoisotopic (exact) mass is 267 g/mol. The second-order valence-electron chi connectivity index (χ2n) is 4.50. The highest BCUT2D eigenvalue weighted by atomic mass is 19.1. The van der Waals surface area contributed by atoms with Crippen LogP contribution in [0.3, 0.4) is 0 Å². The smallest absolute Gasteiger partial charge is 0.257 e. The van der Waals surface area contributed by atoms with Crippen LogP contribution < -0.4 is 11.5 Å². The highest BCUT2D eigenvalue weighted by Gasteiger charge is 2.38. The quantitative estimate of drug-likeness (QED) is 0.625. The Balaban J connectivity index is 2.30. The number of carbonyl (C=O) groups is 2. The normalized spacial score (nSPS) is 22.5. The van der Waals surface area contributed by atoms with Crippen LogP contribution in [0.5, 0.6) is 0 Å². The number of nitrogens with two attached hydrogens (primary N) is 2. The third-order valence-corrected chi connectivity index (χ3v) is 3.09. The molecule has 2 atom stereocenters. The van der Waals surface area contributed by atoms with Gasteiger partial charge in [-0.25, -0.2) is 4.39 Å². The van der Waals surface area contributed by atoms with Crippen LogP contribution in [-0.4, -0.2) is 40.5 Å². The van der Waals surface area contributed by atoms with Gasteiger partial charge in [0, 0.05) is 18.7 Å². The van der Waals surface area contributed by atoms with Crippen molar-refractivity contribution in [2.24, 2.45) is 5.73 Å². The van der Waals surface area contributed by atoms with E-state index in [4.69, 9.17) is 11.5 Å². The van der Waals surface area contributed by atoms with Crippen molar-refractivity contribution >= 4 is 17.5 Å². The van der Waals surface area contributed by atoms with E-state index in [-0.39, 0.29) is 24.2 Å². The predicted molar refractivity (Wildman–Crippen MR) is 65.5 cm³/mol. The number of carbonyl (C=O) groups excluding carboxylic acids is 2. The van der Waals surface area contributed by atoms with Crippen LogP contribution in [-0.2, 0) is 4.79 Å². The van der Waals surface area contributed by atoms with Crippen LogP contribution in [0.25, 0.3) is 0 Å². The van der Waals surface area contributed by atoms with E-state index in [2.05, 4.69) is 0 Å². The number of primary amides is 1. The zero-order chi connectivity index (χ0) is 14.2. The number of aliphatic hydroxyl groups is 1. The minimum absolute atomic E-state index is 0.0454. The molecule has 102 valence electrons. The van der Waals surface area contributed by atoms with E-state index < -0.39 is 29.8 Å². The van der Waals surface area contributed by atoms with E-state index in [9.17, 15) is 19.1 Å². The summed E-state index contributed by atoms with van der Waals surface area (Å²) < 4.78 is 13.7. The number of nitrogen functional groups attached to an aromatic ring is 1. The van der Waals surface area contributed by atoms with Crippen molar-refractivity contribution in [3.63, 3.8) is 0 Å². The summed E-state index contributed by atoms with van der Waals surface area (Å²) in [6.07, 6.45) is -0.768. The first kappa shape index (κ1) is 13.3. The van der Waals surface area contributed by atoms with Gasteiger partial charge in [0.25, 0.3) is 5.91 Å². The molecular formula is C12H14FN3O3. The van der Waals surface area contributed by atoms with Crippen LogP contribution in [0.2, 0.25) is 0 Å². The number of anilines is 1. The van der Waals surface area contributed by atoms with Crippen molar-refractivity contribution in [2.45, 2.75) is 18.6 Å². The first-order chi connectivity index (χ1) is 8.90. The van der Waals surface area contributed by atoms with Gasteiger partial charge in [-0.3, -0.25) is 9.59 Å². The molecular weight excluding hydrogens is 253 g/mol. The van der Waals surface area contributed by atoms with E-state index in [0.717, 1.165) is 11.0 Å². The minimum Gasteiger partial charge on any atom is -0.399 e. The largest absolute Gasteiger partial charge is 0.399 e. The van der Waals surface area contributed by atoms with Gasteiger partial charge in [0.1, 0.15) is 11.9 Å². The van der Waals surface area contributed by atoms with Gasteiger partial charge in [0.15, 0.2) is 0 Å². The Morgan fingerprint density at radius 3 is 2.68 bits per heavy atom. The molecule has 1 saturated heterocycles. The maximum Gasteiger partial charge on any atom is 0.257 e. The van der Waals surface area contributed by atoms with Crippen LogP contribution in [0.15, 0.2) is 18.2 Å². The fraction of sp³-hybridized carbons (Fsp3) is 0.333. The summed E-state index contributed by atoms with van der Waals surface area (Å²) in [6.45, 7) is -0.0454. The molecule has 0 saturated carbocycles. The number of amides is 2. The molecule has 7 heteroatoms. The average Bonchev–Trinajstić information content (AvgIpc) is 2.70. The summed E-state index contributed by atoms with van der Waals surface area (Å²) in [5.74, 6) is -2.17. The number of aliphatic hydroxyl groups excluding tert-OH is 1. The van der Waals surface area contributed by atoms with Crippen LogP contribution in [0, 0.1) is 5.82 Å². The number of likely N-dealkylation sites (tertiary alicyclic amines) is 1. The predicted octanol–water partition coefficient (Wildman–Crippen LogP) is -0.531. The van der Waals surface area contributed by atoms with E-state index in [1.807, 2.05) is 0 Å². The Bertz CT molecular complexity index is 535. The SMILES string of the molecule is NC(=O)C1CC(O)CN1C(=O)c1ccc(N)cc1F. The van der Waals surface area contributed by atoms with Gasteiger partial charge in [-0.2, -0.15) is 0 Å². The van der Waals surface area contributed by atoms with Crippen LogP contribution >= 0.6 is 0 Å². The molecule has 0 aliphatic carbocycles. The molecule has 1 aliphatic rings. The van der Waals surface area contributed by atoms with Gasteiger partial charge in [-0.15, -0.1) is 0 Å². The Morgan fingerprint density at radius 1 is 1.42 bits per heavy atom. The molecule has 0 spiro atoms. The van der Waals surface area contributed by atoms with Gasteiger partial charge in [-0.05, 0) is 18.2 Å². The summed E-state index contributed by atoms with van der Waals surface area (Å²) in [5, 5.41) is 9.51. The number of β-amino-alcohol motifs (C(OH)–C–C–N with tert-alkyl or cyclic N) is 1. The third kappa shape index (κ3) is 2.50. The standard InChI is InChI=1S/C12H14FN3O3/c13-9-3-6(14)1-2-8(9)12(19)16-5-7(17)4-10(16)11(15)18/h1-3,7,10,17H,4-5,14H2,(H2,15,18). The maximum absolute atomic E-state index is 13.7. The lowest BCUT2D eigenvalue weighted by molar-refractivity contribution is -0.121. The Kier molecular flexibility index (Phi) is 3.39. The summed E-state index contributed by atoms with van der Waals surface area (Å²) in [7, 11) is 0. The van der Waals surface area contributed by atoms with E-state index in [0.29, 0.717) is 0 Å². The van der Waals surface area contributed by atoms with E-state index >= 15 is 0 Å². The molecule has 0 bridgehead atoms. The Hall–Kier alpha value is -2.15. The van der Waals surface area contributed by atoms with Crippen molar-refractivity contribution in [3.05, 3.63) is 29.6 Å². The lowest BCUT2D eigenvalue weighted by Gasteiger charge is -2.22. The molecule has 1 aliphatic heterocycles. The van der Waals surface area contributed by atoms with Crippen LogP contribution in [0.1, 0.15) is 16.8 Å². The van der Waals surface area contributed by atoms with Gasteiger partial charge < -0.3 is 21.5 Å². The molecule has 1 aromatic rings. The molecule has 0 aromatic heterocycles. The maximum atomic E-state index is 13.7. The molecule has 1 fully saturated rings. The molecule has 2 unspecified atom stereocenters. The van der Waals surface area contributed by atoms with Crippen molar-refractivity contribution < 1.29 is 19.1 Å². The van der Waals surface area contributed by atoms with Crippen LogP contribution in [0.4, 0.5) is 10.1 Å². The highest BCUT2D eigenvalue weighted by Crippen LogP contribution is 2.22. The number of halogens is 1. The second kappa shape index (κ2) is 4.85. The second-order valence-corrected chi connectivity index (χ2v) is 4.50. The number of rotatable bonds is 2. The zero-order valence-electron chi connectivity index (χ0n) is 10.0. The molecule has 19 heavy (non-hydrogen) atoms.